The molecular formula is C8H14BrN5O3S. The van der Waals surface area contributed by atoms with Crippen LogP contribution in [0.4, 0.5) is 0 Å². The number of hydrogen-bond acceptors (Lipinski definition) is 5. The van der Waals surface area contributed by atoms with Gasteiger partial charge in [0, 0.05) is 34.1 Å². The molecule has 0 radical (unpaired) electrons. The van der Waals surface area contributed by atoms with E-state index in [4.69, 9.17) is 0 Å². The van der Waals surface area contributed by atoms with E-state index in [1.807, 2.05) is 0 Å². The van der Waals surface area contributed by atoms with Gasteiger partial charge < -0.3 is 5.32 Å². The second-order valence-electron chi connectivity index (χ2n) is 3.56. The maximum Gasteiger partial charge on any atom is 0.262 e. The minimum absolute atomic E-state index is 0.0399. The number of amides is 1. The van der Waals surface area contributed by atoms with Gasteiger partial charge in [0.1, 0.15) is 0 Å². The normalized spacial score (nSPS) is 11.8. The average Bonchev–Trinajstić information content (AvgIpc) is 2.65. The van der Waals surface area contributed by atoms with Gasteiger partial charge in [-0.1, -0.05) is 5.21 Å². The van der Waals surface area contributed by atoms with Crippen molar-refractivity contribution in [2.75, 3.05) is 20.6 Å². The van der Waals surface area contributed by atoms with E-state index in [1.165, 1.54) is 21.1 Å². The fourth-order valence-corrected chi connectivity index (χ4v) is 3.44. The molecule has 0 bridgehead atoms. The molecule has 1 N–H and O–H groups in total. The van der Waals surface area contributed by atoms with Crippen molar-refractivity contribution in [1.29, 1.82) is 0 Å². The average molecular weight is 340 g/mol. The number of carbonyl (C=O) groups is 1. The number of nitrogens with one attached hydrogen (secondary N) is 1. The van der Waals surface area contributed by atoms with Crippen molar-refractivity contribution in [2.45, 2.75) is 11.4 Å². The number of aryl methyl sites for hydroxylation is 1. The zero-order valence-electron chi connectivity index (χ0n) is 10.2. The maximum absolute atomic E-state index is 12.2. The van der Waals surface area contributed by atoms with E-state index < -0.39 is 10.0 Å². The highest BCUT2D eigenvalue weighted by Crippen LogP contribution is 2.21. The van der Waals surface area contributed by atoms with Gasteiger partial charge in [-0.3, -0.25) is 4.79 Å². The first-order chi connectivity index (χ1) is 8.30. The van der Waals surface area contributed by atoms with Gasteiger partial charge in [-0.05, 0) is 15.9 Å². The predicted octanol–water partition coefficient (Wildman–Crippen LogP) is -0.666. The van der Waals surface area contributed by atoms with E-state index in [0.717, 1.165) is 8.99 Å². The molecule has 0 atom stereocenters. The summed E-state index contributed by atoms with van der Waals surface area (Å²) < 4.78 is 26.8. The van der Waals surface area contributed by atoms with Crippen LogP contribution in [0.15, 0.2) is 9.63 Å². The number of nitrogens with zero attached hydrogens (tertiary/aromatic N) is 4. The Morgan fingerprint density at radius 3 is 2.61 bits per heavy atom. The van der Waals surface area contributed by atoms with Crippen LogP contribution in [-0.4, -0.2) is 54.3 Å². The lowest BCUT2D eigenvalue weighted by Crippen LogP contribution is -2.32. The SMILES string of the molecule is CNC(=O)CCN(C)S(=O)(=O)c1c(Br)nnn1C. The summed E-state index contributed by atoms with van der Waals surface area (Å²) in [4.78, 5) is 11.1. The largest absolute Gasteiger partial charge is 0.359 e. The molecule has 1 heterocycles. The van der Waals surface area contributed by atoms with Gasteiger partial charge in [-0.2, -0.15) is 4.31 Å². The smallest absolute Gasteiger partial charge is 0.262 e. The molecule has 1 rings (SSSR count). The Bertz CT molecular complexity index is 521. The molecule has 8 nitrogen and oxygen atoms in total. The molecular weight excluding hydrogens is 326 g/mol. The predicted molar refractivity (Wildman–Crippen MR) is 67.2 cm³/mol. The molecule has 102 valence electrons. The fraction of sp³-hybridized carbons (Fsp3) is 0.625. The summed E-state index contributed by atoms with van der Waals surface area (Å²) in [6, 6.07) is 0. The van der Waals surface area contributed by atoms with Crippen LogP contribution in [0, 0.1) is 0 Å². The van der Waals surface area contributed by atoms with E-state index in [0.29, 0.717) is 0 Å². The molecule has 0 spiro atoms. The molecule has 1 aromatic heterocycles. The first-order valence-corrected chi connectivity index (χ1v) is 7.26. The minimum atomic E-state index is -3.72. The Balaban J connectivity index is 2.91. The van der Waals surface area contributed by atoms with Gasteiger partial charge in [0.2, 0.25) is 10.9 Å². The topological polar surface area (TPSA) is 97.2 Å². The summed E-state index contributed by atoms with van der Waals surface area (Å²) in [5.74, 6) is -0.223. The van der Waals surface area contributed by atoms with Crippen molar-refractivity contribution in [3.05, 3.63) is 4.60 Å². The quantitative estimate of drug-likeness (QED) is 0.767. The first kappa shape index (κ1) is 15.1. The molecule has 1 amide bonds. The highest BCUT2D eigenvalue weighted by Gasteiger charge is 2.28. The van der Waals surface area contributed by atoms with Crippen molar-refractivity contribution >= 4 is 31.9 Å². The van der Waals surface area contributed by atoms with Crippen molar-refractivity contribution in [3.63, 3.8) is 0 Å². The van der Waals surface area contributed by atoms with Gasteiger partial charge in [0.25, 0.3) is 10.0 Å². The molecule has 0 saturated heterocycles. The summed E-state index contributed by atoms with van der Waals surface area (Å²) in [7, 11) is 0.666. The monoisotopic (exact) mass is 339 g/mol. The van der Waals surface area contributed by atoms with Crippen LogP contribution < -0.4 is 5.32 Å². The zero-order valence-corrected chi connectivity index (χ0v) is 12.6. The summed E-state index contributed by atoms with van der Waals surface area (Å²) >= 11 is 3.04. The lowest BCUT2D eigenvalue weighted by Gasteiger charge is -2.16. The number of hydrogen-bond donors (Lipinski definition) is 1. The first-order valence-electron chi connectivity index (χ1n) is 5.02. The molecule has 0 unspecified atom stereocenters. The van der Waals surface area contributed by atoms with Crippen LogP contribution in [0.2, 0.25) is 0 Å². The second-order valence-corrected chi connectivity index (χ2v) is 6.27. The molecule has 0 aromatic carbocycles. The second kappa shape index (κ2) is 5.76. The fourth-order valence-electron chi connectivity index (χ4n) is 1.25. The number of aromatic nitrogens is 3. The van der Waals surface area contributed by atoms with E-state index in [2.05, 4.69) is 31.6 Å². The van der Waals surface area contributed by atoms with Crippen molar-refractivity contribution in [3.8, 4) is 0 Å². The Morgan fingerprint density at radius 1 is 1.56 bits per heavy atom. The van der Waals surface area contributed by atoms with E-state index >= 15 is 0 Å². The van der Waals surface area contributed by atoms with E-state index in [1.54, 1.807) is 0 Å². The molecule has 10 heteroatoms. The van der Waals surface area contributed by atoms with Gasteiger partial charge in [-0.25, -0.2) is 13.1 Å². The van der Waals surface area contributed by atoms with Crippen LogP contribution in [0.1, 0.15) is 6.42 Å². The van der Waals surface area contributed by atoms with E-state index in [9.17, 15) is 13.2 Å². The van der Waals surface area contributed by atoms with Crippen LogP contribution in [0.5, 0.6) is 0 Å². The van der Waals surface area contributed by atoms with Crippen LogP contribution in [-0.2, 0) is 21.9 Å². The molecule has 0 saturated carbocycles. The van der Waals surface area contributed by atoms with Gasteiger partial charge in [0.05, 0.1) is 0 Å². The summed E-state index contributed by atoms with van der Waals surface area (Å²) in [6.07, 6.45) is 0.0924. The highest BCUT2D eigenvalue weighted by molar-refractivity contribution is 9.10. The molecule has 1 aromatic rings. The Labute approximate surface area is 114 Å². The zero-order chi connectivity index (χ0) is 13.9. The minimum Gasteiger partial charge on any atom is -0.359 e. The third-order valence-electron chi connectivity index (χ3n) is 2.32. The number of halogens is 1. The molecule has 0 aliphatic carbocycles. The number of carbonyl (C=O) groups excluding carboxylic acids is 1. The Hall–Kier alpha value is -1.00. The van der Waals surface area contributed by atoms with Crippen LogP contribution in [0.25, 0.3) is 0 Å². The lowest BCUT2D eigenvalue weighted by atomic mass is 10.4. The molecule has 0 aliphatic heterocycles. The van der Waals surface area contributed by atoms with Crippen molar-refractivity contribution in [2.24, 2.45) is 7.05 Å². The molecule has 0 fully saturated rings. The lowest BCUT2D eigenvalue weighted by molar-refractivity contribution is -0.120. The summed E-state index contributed by atoms with van der Waals surface area (Å²) in [5, 5.41) is 9.62. The van der Waals surface area contributed by atoms with E-state index in [-0.39, 0.29) is 28.5 Å². The molecule has 0 aliphatic rings. The van der Waals surface area contributed by atoms with Crippen LogP contribution >= 0.6 is 15.9 Å². The molecule has 18 heavy (non-hydrogen) atoms. The van der Waals surface area contributed by atoms with Crippen LogP contribution in [0.3, 0.4) is 0 Å². The maximum atomic E-state index is 12.2. The van der Waals surface area contributed by atoms with Gasteiger partial charge in [0.15, 0.2) is 4.60 Å². The third-order valence-corrected chi connectivity index (χ3v) is 5.07. The Kier molecular flexibility index (Phi) is 4.82. The van der Waals surface area contributed by atoms with Gasteiger partial charge in [-0.15, -0.1) is 5.10 Å². The summed E-state index contributed by atoms with van der Waals surface area (Å²) in [5.41, 5.74) is 0. The van der Waals surface area contributed by atoms with Gasteiger partial charge >= 0.3 is 0 Å². The van der Waals surface area contributed by atoms with Crippen molar-refractivity contribution < 1.29 is 13.2 Å². The standard InChI is InChI=1S/C8H14BrN5O3S/c1-10-6(15)4-5-13(2)18(16,17)8-7(9)11-12-14(8)3/h4-5H2,1-3H3,(H,10,15). The summed E-state index contributed by atoms with van der Waals surface area (Å²) in [6.45, 7) is 0.0830. The Morgan fingerprint density at radius 2 is 2.17 bits per heavy atom. The highest BCUT2D eigenvalue weighted by atomic mass is 79.9. The number of rotatable bonds is 5. The third kappa shape index (κ3) is 3.06. The number of sulfonamides is 1. The van der Waals surface area contributed by atoms with Crippen molar-refractivity contribution in [1.82, 2.24) is 24.6 Å².